The Balaban J connectivity index is 1.94. The molecule has 0 bridgehead atoms. The van der Waals surface area contributed by atoms with E-state index in [2.05, 4.69) is 29.8 Å². The number of aromatic nitrogens is 1. The SMILES string of the molecule is CC(C)C1CCCN(Cc2ccnc(C#N)c2)CC1. The monoisotopic (exact) mass is 257 g/mol. The van der Waals surface area contributed by atoms with E-state index in [0.717, 1.165) is 18.4 Å². The van der Waals surface area contributed by atoms with E-state index in [-0.39, 0.29) is 0 Å². The molecule has 0 saturated carbocycles. The van der Waals surface area contributed by atoms with Crippen molar-refractivity contribution in [3.05, 3.63) is 29.6 Å². The molecule has 0 radical (unpaired) electrons. The lowest BCUT2D eigenvalue weighted by Gasteiger charge is -2.21. The van der Waals surface area contributed by atoms with Crippen LogP contribution in [0.25, 0.3) is 0 Å². The van der Waals surface area contributed by atoms with Crippen molar-refractivity contribution in [3.63, 3.8) is 0 Å². The Hall–Kier alpha value is -1.40. The Labute approximate surface area is 116 Å². The molecule has 0 aromatic carbocycles. The molecule has 0 N–H and O–H groups in total. The number of likely N-dealkylation sites (tertiary alicyclic amines) is 1. The van der Waals surface area contributed by atoms with Crippen LogP contribution < -0.4 is 0 Å². The lowest BCUT2D eigenvalue weighted by Crippen LogP contribution is -2.24. The lowest BCUT2D eigenvalue weighted by atomic mass is 9.89. The minimum atomic E-state index is 0.521. The highest BCUT2D eigenvalue weighted by Crippen LogP contribution is 2.25. The van der Waals surface area contributed by atoms with Gasteiger partial charge in [0.15, 0.2) is 0 Å². The average Bonchev–Trinajstić information content (AvgIpc) is 2.65. The van der Waals surface area contributed by atoms with Gasteiger partial charge in [-0.2, -0.15) is 5.26 Å². The first-order chi connectivity index (χ1) is 9.19. The second-order valence-corrected chi connectivity index (χ2v) is 5.87. The number of pyridine rings is 1. The maximum atomic E-state index is 8.88. The number of nitriles is 1. The van der Waals surface area contributed by atoms with Crippen molar-refractivity contribution in [2.24, 2.45) is 11.8 Å². The first-order valence-electron chi connectivity index (χ1n) is 7.26. The molecule has 1 unspecified atom stereocenters. The minimum Gasteiger partial charge on any atom is -0.299 e. The normalized spacial score (nSPS) is 21.1. The van der Waals surface area contributed by atoms with Crippen LogP contribution in [0.2, 0.25) is 0 Å². The van der Waals surface area contributed by atoms with Crippen molar-refractivity contribution in [1.82, 2.24) is 9.88 Å². The van der Waals surface area contributed by atoms with Crippen LogP contribution in [-0.4, -0.2) is 23.0 Å². The van der Waals surface area contributed by atoms with Gasteiger partial charge in [-0.05, 0) is 61.9 Å². The average molecular weight is 257 g/mol. The maximum absolute atomic E-state index is 8.88. The highest BCUT2D eigenvalue weighted by molar-refractivity contribution is 5.25. The summed E-state index contributed by atoms with van der Waals surface area (Å²) >= 11 is 0. The highest BCUT2D eigenvalue weighted by atomic mass is 15.1. The highest BCUT2D eigenvalue weighted by Gasteiger charge is 2.19. The summed E-state index contributed by atoms with van der Waals surface area (Å²) in [5.74, 6) is 1.67. The molecule has 0 aliphatic carbocycles. The van der Waals surface area contributed by atoms with Gasteiger partial charge in [-0.15, -0.1) is 0 Å². The molecular formula is C16H23N3. The first kappa shape index (κ1) is 14.0. The summed E-state index contributed by atoms with van der Waals surface area (Å²) in [7, 11) is 0. The predicted octanol–water partition coefficient (Wildman–Crippen LogP) is 3.21. The van der Waals surface area contributed by atoms with Crippen molar-refractivity contribution >= 4 is 0 Å². The van der Waals surface area contributed by atoms with Gasteiger partial charge in [0.25, 0.3) is 0 Å². The molecule has 3 heteroatoms. The van der Waals surface area contributed by atoms with Crippen molar-refractivity contribution in [3.8, 4) is 6.07 Å². The molecule has 2 heterocycles. The third-order valence-electron chi connectivity index (χ3n) is 4.15. The fraction of sp³-hybridized carbons (Fsp3) is 0.625. The van der Waals surface area contributed by atoms with E-state index in [1.165, 1.54) is 37.9 Å². The van der Waals surface area contributed by atoms with Gasteiger partial charge in [0.05, 0.1) is 0 Å². The van der Waals surface area contributed by atoms with Gasteiger partial charge in [-0.3, -0.25) is 4.90 Å². The molecule has 1 atom stereocenters. The molecule has 0 amide bonds. The Bertz CT molecular complexity index is 448. The van der Waals surface area contributed by atoms with Crippen LogP contribution in [-0.2, 0) is 6.54 Å². The smallest absolute Gasteiger partial charge is 0.140 e. The topological polar surface area (TPSA) is 39.9 Å². The molecule has 2 rings (SSSR count). The van der Waals surface area contributed by atoms with Crippen molar-refractivity contribution in [1.29, 1.82) is 5.26 Å². The van der Waals surface area contributed by atoms with Gasteiger partial charge < -0.3 is 0 Å². The van der Waals surface area contributed by atoms with Crippen LogP contribution in [0, 0.1) is 23.2 Å². The van der Waals surface area contributed by atoms with Crippen LogP contribution in [0.3, 0.4) is 0 Å². The fourth-order valence-corrected chi connectivity index (χ4v) is 2.90. The summed E-state index contributed by atoms with van der Waals surface area (Å²) in [6, 6.07) is 6.04. The van der Waals surface area contributed by atoms with E-state index in [9.17, 15) is 0 Å². The summed E-state index contributed by atoms with van der Waals surface area (Å²) in [6.07, 6.45) is 5.68. The van der Waals surface area contributed by atoms with Crippen LogP contribution >= 0.6 is 0 Å². The molecule has 0 spiro atoms. The van der Waals surface area contributed by atoms with Gasteiger partial charge in [-0.25, -0.2) is 4.98 Å². The van der Waals surface area contributed by atoms with Crippen molar-refractivity contribution in [2.75, 3.05) is 13.1 Å². The molecule has 1 saturated heterocycles. The first-order valence-corrected chi connectivity index (χ1v) is 7.26. The van der Waals surface area contributed by atoms with Gasteiger partial charge in [0.2, 0.25) is 0 Å². The van der Waals surface area contributed by atoms with E-state index >= 15 is 0 Å². The molecule has 19 heavy (non-hydrogen) atoms. The number of hydrogen-bond acceptors (Lipinski definition) is 3. The van der Waals surface area contributed by atoms with Gasteiger partial charge >= 0.3 is 0 Å². The largest absolute Gasteiger partial charge is 0.299 e. The molecule has 1 fully saturated rings. The summed E-state index contributed by atoms with van der Waals surface area (Å²) < 4.78 is 0. The Morgan fingerprint density at radius 3 is 3.00 bits per heavy atom. The third kappa shape index (κ3) is 4.04. The molecular weight excluding hydrogens is 234 g/mol. The minimum absolute atomic E-state index is 0.521. The lowest BCUT2D eigenvalue weighted by molar-refractivity contribution is 0.264. The molecule has 1 aromatic heterocycles. The van der Waals surface area contributed by atoms with E-state index in [1.54, 1.807) is 6.20 Å². The molecule has 3 nitrogen and oxygen atoms in total. The Morgan fingerprint density at radius 2 is 2.26 bits per heavy atom. The predicted molar refractivity (Wildman–Crippen MR) is 76.4 cm³/mol. The van der Waals surface area contributed by atoms with Crippen LogP contribution in [0.1, 0.15) is 44.4 Å². The Kier molecular flexibility index (Phi) is 4.93. The van der Waals surface area contributed by atoms with Crippen LogP contribution in [0.4, 0.5) is 0 Å². The summed E-state index contributed by atoms with van der Waals surface area (Å²) in [5.41, 5.74) is 1.72. The molecule has 1 aromatic rings. The molecule has 1 aliphatic heterocycles. The van der Waals surface area contributed by atoms with Crippen LogP contribution in [0.15, 0.2) is 18.3 Å². The van der Waals surface area contributed by atoms with Gasteiger partial charge in [0.1, 0.15) is 11.8 Å². The fourth-order valence-electron chi connectivity index (χ4n) is 2.90. The summed E-state index contributed by atoms with van der Waals surface area (Å²) in [4.78, 5) is 6.54. The van der Waals surface area contributed by atoms with E-state index in [4.69, 9.17) is 5.26 Å². The Morgan fingerprint density at radius 1 is 1.42 bits per heavy atom. The van der Waals surface area contributed by atoms with E-state index < -0.39 is 0 Å². The van der Waals surface area contributed by atoms with Gasteiger partial charge in [-0.1, -0.05) is 13.8 Å². The number of nitrogens with zero attached hydrogens (tertiary/aromatic N) is 3. The van der Waals surface area contributed by atoms with Crippen molar-refractivity contribution < 1.29 is 0 Å². The number of hydrogen-bond donors (Lipinski definition) is 0. The van der Waals surface area contributed by atoms with E-state index in [1.807, 2.05) is 12.1 Å². The zero-order chi connectivity index (χ0) is 13.7. The second-order valence-electron chi connectivity index (χ2n) is 5.87. The van der Waals surface area contributed by atoms with Gasteiger partial charge in [0, 0.05) is 12.7 Å². The molecule has 1 aliphatic rings. The molecule has 102 valence electrons. The zero-order valence-electron chi connectivity index (χ0n) is 12.0. The van der Waals surface area contributed by atoms with E-state index in [0.29, 0.717) is 5.69 Å². The second kappa shape index (κ2) is 6.68. The summed E-state index contributed by atoms with van der Waals surface area (Å²) in [5, 5.41) is 8.88. The standard InChI is InChI=1S/C16H23N3/c1-13(2)15-4-3-8-19(9-6-15)12-14-5-7-18-16(10-14)11-17/h5,7,10,13,15H,3-4,6,8-9,12H2,1-2H3. The summed E-state index contributed by atoms with van der Waals surface area (Å²) in [6.45, 7) is 7.97. The quantitative estimate of drug-likeness (QED) is 0.834. The van der Waals surface area contributed by atoms with Crippen LogP contribution in [0.5, 0.6) is 0 Å². The maximum Gasteiger partial charge on any atom is 0.140 e. The zero-order valence-corrected chi connectivity index (χ0v) is 12.0. The van der Waals surface area contributed by atoms with Crippen molar-refractivity contribution in [2.45, 2.75) is 39.7 Å². The third-order valence-corrected chi connectivity index (χ3v) is 4.15. The number of rotatable bonds is 3.